The van der Waals surface area contributed by atoms with Crippen molar-refractivity contribution in [1.82, 2.24) is 10.2 Å². The Kier molecular flexibility index (Phi) is 5.70. The molecule has 0 aliphatic carbocycles. The number of nitrogens with zero attached hydrogens (tertiary/aromatic N) is 1. The van der Waals surface area contributed by atoms with Crippen molar-refractivity contribution in [2.45, 2.75) is 26.1 Å². The second-order valence-corrected chi connectivity index (χ2v) is 5.64. The fourth-order valence-corrected chi connectivity index (χ4v) is 2.52. The van der Waals surface area contributed by atoms with Crippen LogP contribution in [-0.4, -0.2) is 49.4 Å². The molecule has 2 rings (SSSR count). The highest BCUT2D eigenvalue weighted by Gasteiger charge is 2.25. The summed E-state index contributed by atoms with van der Waals surface area (Å²) in [7, 11) is 0. The van der Waals surface area contributed by atoms with E-state index in [4.69, 9.17) is 21.1 Å². The largest absolute Gasteiger partial charge is 0.492 e. The maximum absolute atomic E-state index is 12.0. The molecule has 1 aromatic carbocycles. The van der Waals surface area contributed by atoms with Crippen LogP contribution < -0.4 is 10.1 Å². The van der Waals surface area contributed by atoms with Gasteiger partial charge in [0.1, 0.15) is 12.4 Å². The van der Waals surface area contributed by atoms with E-state index in [0.29, 0.717) is 37.0 Å². The third-order valence-electron chi connectivity index (χ3n) is 3.15. The molecule has 2 atom stereocenters. The van der Waals surface area contributed by atoms with Crippen molar-refractivity contribution in [1.29, 1.82) is 0 Å². The summed E-state index contributed by atoms with van der Waals surface area (Å²) in [6.45, 7) is 6.03. The molecule has 116 valence electrons. The van der Waals surface area contributed by atoms with E-state index in [1.807, 2.05) is 26.0 Å². The van der Waals surface area contributed by atoms with Crippen molar-refractivity contribution in [3.8, 4) is 5.75 Å². The lowest BCUT2D eigenvalue weighted by atomic mass is 10.2. The van der Waals surface area contributed by atoms with E-state index in [2.05, 4.69) is 5.32 Å². The van der Waals surface area contributed by atoms with Gasteiger partial charge in [-0.1, -0.05) is 17.7 Å². The molecule has 1 saturated heterocycles. The minimum absolute atomic E-state index is 0.0715. The number of hydrogen-bond donors (Lipinski definition) is 1. The number of rotatable bonds is 4. The SMILES string of the molecule is CC1CN(C(=O)NCCOc2cccc(Cl)c2)CC(C)O1. The number of nitrogens with one attached hydrogen (secondary N) is 1. The first-order valence-corrected chi connectivity index (χ1v) is 7.49. The van der Waals surface area contributed by atoms with Crippen LogP contribution in [0.1, 0.15) is 13.8 Å². The number of hydrogen-bond acceptors (Lipinski definition) is 3. The molecule has 5 nitrogen and oxygen atoms in total. The van der Waals surface area contributed by atoms with E-state index in [1.165, 1.54) is 0 Å². The van der Waals surface area contributed by atoms with Crippen LogP contribution in [0.2, 0.25) is 5.02 Å². The molecule has 6 heteroatoms. The molecule has 1 aromatic rings. The molecule has 0 bridgehead atoms. The predicted molar refractivity (Wildman–Crippen MR) is 81.9 cm³/mol. The van der Waals surface area contributed by atoms with Crippen LogP contribution in [0.4, 0.5) is 4.79 Å². The minimum atomic E-state index is -0.0771. The van der Waals surface area contributed by atoms with E-state index >= 15 is 0 Å². The van der Waals surface area contributed by atoms with Crippen LogP contribution >= 0.6 is 11.6 Å². The van der Waals surface area contributed by atoms with Crippen LogP contribution in [0.15, 0.2) is 24.3 Å². The molecule has 2 unspecified atom stereocenters. The van der Waals surface area contributed by atoms with Gasteiger partial charge in [0.25, 0.3) is 0 Å². The van der Waals surface area contributed by atoms with E-state index in [-0.39, 0.29) is 18.2 Å². The normalized spacial score (nSPS) is 22.0. The van der Waals surface area contributed by atoms with E-state index in [1.54, 1.807) is 17.0 Å². The molecule has 0 spiro atoms. The highest BCUT2D eigenvalue weighted by Crippen LogP contribution is 2.16. The summed E-state index contributed by atoms with van der Waals surface area (Å²) in [4.78, 5) is 13.8. The van der Waals surface area contributed by atoms with Gasteiger partial charge in [-0.25, -0.2) is 4.79 Å². The number of benzene rings is 1. The molecule has 21 heavy (non-hydrogen) atoms. The Hall–Kier alpha value is -1.46. The maximum atomic E-state index is 12.0. The highest BCUT2D eigenvalue weighted by atomic mass is 35.5. The predicted octanol–water partition coefficient (Wildman–Crippen LogP) is 2.54. The number of carbonyl (C=O) groups excluding carboxylic acids is 1. The topological polar surface area (TPSA) is 50.8 Å². The summed E-state index contributed by atoms with van der Waals surface area (Å²) in [5.74, 6) is 0.699. The molecule has 2 amide bonds. The summed E-state index contributed by atoms with van der Waals surface area (Å²) >= 11 is 5.87. The Bertz CT molecular complexity index is 474. The third-order valence-corrected chi connectivity index (χ3v) is 3.39. The molecule has 1 heterocycles. The molecule has 0 radical (unpaired) electrons. The number of carbonyl (C=O) groups is 1. The quantitative estimate of drug-likeness (QED) is 0.869. The number of urea groups is 1. The monoisotopic (exact) mass is 312 g/mol. The Morgan fingerprint density at radius 3 is 2.81 bits per heavy atom. The van der Waals surface area contributed by atoms with Crippen molar-refractivity contribution in [3.63, 3.8) is 0 Å². The van der Waals surface area contributed by atoms with Gasteiger partial charge in [0.15, 0.2) is 0 Å². The molecule has 0 aromatic heterocycles. The van der Waals surface area contributed by atoms with Crippen LogP contribution in [0.25, 0.3) is 0 Å². The second kappa shape index (κ2) is 7.52. The van der Waals surface area contributed by atoms with Gasteiger partial charge >= 0.3 is 6.03 Å². The smallest absolute Gasteiger partial charge is 0.317 e. The minimum Gasteiger partial charge on any atom is -0.492 e. The zero-order valence-electron chi connectivity index (χ0n) is 12.3. The van der Waals surface area contributed by atoms with Gasteiger partial charge in [-0.3, -0.25) is 0 Å². The summed E-state index contributed by atoms with van der Waals surface area (Å²) < 4.78 is 11.1. The Morgan fingerprint density at radius 1 is 1.43 bits per heavy atom. The lowest BCUT2D eigenvalue weighted by Crippen LogP contribution is -2.52. The summed E-state index contributed by atoms with van der Waals surface area (Å²) in [6, 6.07) is 7.11. The Balaban J connectivity index is 1.69. The molecule has 0 saturated carbocycles. The zero-order chi connectivity index (χ0) is 15.2. The fraction of sp³-hybridized carbons (Fsp3) is 0.533. The lowest BCUT2D eigenvalue weighted by Gasteiger charge is -2.35. The van der Waals surface area contributed by atoms with Gasteiger partial charge in [0, 0.05) is 18.1 Å². The summed E-state index contributed by atoms with van der Waals surface area (Å²) in [5.41, 5.74) is 0. The fourth-order valence-electron chi connectivity index (χ4n) is 2.34. The van der Waals surface area contributed by atoms with Gasteiger partial charge in [-0.15, -0.1) is 0 Å². The average molecular weight is 313 g/mol. The van der Waals surface area contributed by atoms with Crippen molar-refractivity contribution in [2.24, 2.45) is 0 Å². The standard InChI is InChI=1S/C15H21ClN2O3/c1-11-9-18(10-12(2)21-11)15(19)17-6-7-20-14-5-3-4-13(16)8-14/h3-5,8,11-12H,6-7,9-10H2,1-2H3,(H,17,19). The van der Waals surface area contributed by atoms with E-state index in [0.717, 1.165) is 0 Å². The second-order valence-electron chi connectivity index (χ2n) is 5.20. The van der Waals surface area contributed by atoms with Gasteiger partial charge in [-0.05, 0) is 32.0 Å². The van der Waals surface area contributed by atoms with Crippen LogP contribution in [0.5, 0.6) is 5.75 Å². The van der Waals surface area contributed by atoms with Crippen LogP contribution in [-0.2, 0) is 4.74 Å². The molecule has 1 fully saturated rings. The van der Waals surface area contributed by atoms with Crippen molar-refractivity contribution in [2.75, 3.05) is 26.2 Å². The number of halogens is 1. The van der Waals surface area contributed by atoms with Crippen molar-refractivity contribution in [3.05, 3.63) is 29.3 Å². The van der Waals surface area contributed by atoms with Crippen LogP contribution in [0, 0.1) is 0 Å². The van der Waals surface area contributed by atoms with Gasteiger partial charge in [0.05, 0.1) is 18.8 Å². The number of ether oxygens (including phenoxy) is 2. The average Bonchev–Trinajstić information content (AvgIpc) is 2.42. The van der Waals surface area contributed by atoms with Crippen LogP contribution in [0.3, 0.4) is 0 Å². The first-order chi connectivity index (χ1) is 10.0. The molecular weight excluding hydrogens is 292 g/mol. The zero-order valence-corrected chi connectivity index (χ0v) is 13.1. The molecular formula is C15H21ClN2O3. The maximum Gasteiger partial charge on any atom is 0.317 e. The first-order valence-electron chi connectivity index (χ1n) is 7.11. The van der Waals surface area contributed by atoms with E-state index in [9.17, 15) is 4.79 Å². The van der Waals surface area contributed by atoms with Gasteiger partial charge in [0.2, 0.25) is 0 Å². The van der Waals surface area contributed by atoms with Crippen molar-refractivity contribution < 1.29 is 14.3 Å². The number of morpholine rings is 1. The Labute approximate surface area is 130 Å². The molecule has 1 N–H and O–H groups in total. The summed E-state index contributed by atoms with van der Waals surface area (Å²) in [6.07, 6.45) is 0.143. The molecule has 1 aliphatic heterocycles. The number of amides is 2. The van der Waals surface area contributed by atoms with Crippen molar-refractivity contribution >= 4 is 17.6 Å². The van der Waals surface area contributed by atoms with Gasteiger partial charge in [-0.2, -0.15) is 0 Å². The summed E-state index contributed by atoms with van der Waals surface area (Å²) in [5, 5.41) is 3.48. The Morgan fingerprint density at radius 2 is 2.14 bits per heavy atom. The molecule has 1 aliphatic rings. The van der Waals surface area contributed by atoms with E-state index < -0.39 is 0 Å². The highest BCUT2D eigenvalue weighted by molar-refractivity contribution is 6.30. The first kappa shape index (κ1) is 15.9. The lowest BCUT2D eigenvalue weighted by molar-refractivity contribution is -0.0545. The van der Waals surface area contributed by atoms with Gasteiger partial charge < -0.3 is 19.7 Å². The third kappa shape index (κ3) is 5.10.